The highest BCUT2D eigenvalue weighted by atomic mass is 31.2. The zero-order chi connectivity index (χ0) is 33.1. The average Bonchev–Trinajstić information content (AvgIpc) is 3.02. The van der Waals surface area contributed by atoms with Crippen molar-refractivity contribution in [2.75, 3.05) is 33.0 Å². The standard InChI is InChI=1S/C36H72NO7P/c1-3-5-7-9-11-12-13-14-15-16-17-18-19-20-21-22-23-25-27-29-36(38)44-35(34-43-45(39,40)42-32-30-37)33-41-31-28-26-24-10-8-6-4-2/h14-15,35H,3-13,16-34,37H2,1-2H3,(H,39,40)/b15-14-. The largest absolute Gasteiger partial charge is 0.472 e. The van der Waals surface area contributed by atoms with Crippen LogP contribution < -0.4 is 5.73 Å². The molecule has 3 N–H and O–H groups in total. The summed E-state index contributed by atoms with van der Waals surface area (Å²) >= 11 is 0. The Morgan fingerprint density at radius 3 is 1.62 bits per heavy atom. The van der Waals surface area contributed by atoms with Gasteiger partial charge in [0.15, 0.2) is 0 Å². The van der Waals surface area contributed by atoms with E-state index >= 15 is 0 Å². The Morgan fingerprint density at radius 2 is 1.11 bits per heavy atom. The molecule has 9 heteroatoms. The van der Waals surface area contributed by atoms with E-state index in [4.69, 9.17) is 24.3 Å². The van der Waals surface area contributed by atoms with E-state index in [-0.39, 0.29) is 32.3 Å². The first kappa shape index (κ1) is 44.2. The van der Waals surface area contributed by atoms with Crippen LogP contribution in [-0.2, 0) is 27.9 Å². The number of hydrogen-bond acceptors (Lipinski definition) is 7. The van der Waals surface area contributed by atoms with Crippen LogP contribution in [0.25, 0.3) is 0 Å². The summed E-state index contributed by atoms with van der Waals surface area (Å²) in [6, 6.07) is 0. The molecule has 0 saturated carbocycles. The van der Waals surface area contributed by atoms with Crippen molar-refractivity contribution in [1.29, 1.82) is 0 Å². The van der Waals surface area contributed by atoms with Crippen molar-refractivity contribution in [3.63, 3.8) is 0 Å². The van der Waals surface area contributed by atoms with Gasteiger partial charge < -0.3 is 20.1 Å². The molecule has 0 bridgehead atoms. The highest BCUT2D eigenvalue weighted by Gasteiger charge is 2.25. The lowest BCUT2D eigenvalue weighted by Gasteiger charge is -2.20. The number of phosphoric acid groups is 1. The zero-order valence-electron chi connectivity index (χ0n) is 29.4. The summed E-state index contributed by atoms with van der Waals surface area (Å²) in [5.41, 5.74) is 5.33. The predicted octanol–water partition coefficient (Wildman–Crippen LogP) is 10.4. The van der Waals surface area contributed by atoms with E-state index in [1.54, 1.807) is 0 Å². The van der Waals surface area contributed by atoms with Crippen LogP contribution in [0, 0.1) is 0 Å². The summed E-state index contributed by atoms with van der Waals surface area (Å²) in [5.74, 6) is -0.334. The van der Waals surface area contributed by atoms with Gasteiger partial charge in [0.1, 0.15) is 6.10 Å². The fraction of sp³-hybridized carbons (Fsp3) is 0.917. The van der Waals surface area contributed by atoms with Crippen LogP contribution in [0.4, 0.5) is 0 Å². The fourth-order valence-electron chi connectivity index (χ4n) is 5.17. The van der Waals surface area contributed by atoms with Gasteiger partial charge >= 0.3 is 13.8 Å². The molecule has 0 heterocycles. The lowest BCUT2D eigenvalue weighted by Crippen LogP contribution is -2.28. The third-order valence-electron chi connectivity index (χ3n) is 7.93. The summed E-state index contributed by atoms with van der Waals surface area (Å²) in [4.78, 5) is 22.3. The molecule has 0 aliphatic heterocycles. The third-order valence-corrected chi connectivity index (χ3v) is 8.92. The van der Waals surface area contributed by atoms with Crippen molar-refractivity contribution in [3.05, 3.63) is 12.2 Å². The summed E-state index contributed by atoms with van der Waals surface area (Å²) in [6.45, 7) is 4.89. The number of esters is 1. The molecule has 0 radical (unpaired) electrons. The summed E-state index contributed by atoms with van der Waals surface area (Å²) in [6.07, 6.45) is 33.8. The fourth-order valence-corrected chi connectivity index (χ4v) is 5.93. The minimum Gasteiger partial charge on any atom is -0.457 e. The molecule has 0 aromatic rings. The van der Waals surface area contributed by atoms with Crippen molar-refractivity contribution < 1.29 is 32.8 Å². The quantitative estimate of drug-likeness (QED) is 0.0295. The number of nitrogens with two attached hydrogens (primary N) is 1. The van der Waals surface area contributed by atoms with Gasteiger partial charge in [-0.2, -0.15) is 0 Å². The van der Waals surface area contributed by atoms with E-state index in [1.807, 2.05) is 0 Å². The molecular formula is C36H72NO7P. The minimum atomic E-state index is -4.26. The molecule has 0 aliphatic rings. The Labute approximate surface area is 277 Å². The van der Waals surface area contributed by atoms with Gasteiger partial charge in [-0.1, -0.05) is 142 Å². The van der Waals surface area contributed by atoms with Gasteiger partial charge in [-0.25, -0.2) is 4.57 Å². The van der Waals surface area contributed by atoms with E-state index in [2.05, 4.69) is 26.0 Å². The van der Waals surface area contributed by atoms with Crippen molar-refractivity contribution in [1.82, 2.24) is 0 Å². The topological polar surface area (TPSA) is 117 Å². The summed E-state index contributed by atoms with van der Waals surface area (Å²) in [5, 5.41) is 0. The van der Waals surface area contributed by atoms with Gasteiger partial charge in [0.2, 0.25) is 0 Å². The van der Waals surface area contributed by atoms with E-state index in [0.29, 0.717) is 13.0 Å². The maximum absolute atomic E-state index is 12.5. The Hall–Kier alpha value is -0.760. The average molecular weight is 662 g/mol. The molecule has 45 heavy (non-hydrogen) atoms. The number of carbonyl (C=O) groups excluding carboxylic acids is 1. The van der Waals surface area contributed by atoms with Gasteiger partial charge in [0.25, 0.3) is 0 Å². The maximum atomic E-state index is 12.5. The van der Waals surface area contributed by atoms with Gasteiger partial charge in [-0.05, 0) is 38.5 Å². The number of carbonyl (C=O) groups is 1. The molecule has 0 fully saturated rings. The van der Waals surface area contributed by atoms with Crippen LogP contribution in [-0.4, -0.2) is 49.9 Å². The molecule has 0 amide bonds. The van der Waals surface area contributed by atoms with E-state index in [1.165, 1.54) is 122 Å². The van der Waals surface area contributed by atoms with Crippen molar-refractivity contribution in [2.24, 2.45) is 5.73 Å². The molecular weight excluding hydrogens is 589 g/mol. The van der Waals surface area contributed by atoms with Crippen LogP contribution in [0.15, 0.2) is 12.2 Å². The molecule has 2 atom stereocenters. The number of unbranched alkanes of at least 4 members (excludes halogenated alkanes) is 21. The summed E-state index contributed by atoms with van der Waals surface area (Å²) < 4.78 is 33.1. The van der Waals surface area contributed by atoms with Gasteiger partial charge in [-0.3, -0.25) is 13.8 Å². The van der Waals surface area contributed by atoms with Gasteiger partial charge in [-0.15, -0.1) is 0 Å². The van der Waals surface area contributed by atoms with E-state index in [0.717, 1.165) is 32.1 Å². The second-order valence-electron chi connectivity index (χ2n) is 12.4. The molecule has 0 aromatic heterocycles. The molecule has 8 nitrogen and oxygen atoms in total. The number of allylic oxidation sites excluding steroid dienone is 2. The highest BCUT2D eigenvalue weighted by molar-refractivity contribution is 7.47. The van der Waals surface area contributed by atoms with E-state index in [9.17, 15) is 14.3 Å². The maximum Gasteiger partial charge on any atom is 0.472 e. The van der Waals surface area contributed by atoms with Crippen molar-refractivity contribution >= 4 is 13.8 Å². The predicted molar refractivity (Wildman–Crippen MR) is 187 cm³/mol. The first-order valence-electron chi connectivity index (χ1n) is 18.7. The first-order valence-corrected chi connectivity index (χ1v) is 20.2. The van der Waals surface area contributed by atoms with Crippen LogP contribution in [0.5, 0.6) is 0 Å². The van der Waals surface area contributed by atoms with Crippen LogP contribution in [0.3, 0.4) is 0 Å². The minimum absolute atomic E-state index is 0.0933. The number of phosphoric ester groups is 1. The monoisotopic (exact) mass is 662 g/mol. The van der Waals surface area contributed by atoms with Gasteiger partial charge in [0.05, 0.1) is 19.8 Å². The normalized spacial score (nSPS) is 13.8. The molecule has 0 aliphatic carbocycles. The number of ether oxygens (including phenoxy) is 2. The third kappa shape index (κ3) is 34.4. The van der Waals surface area contributed by atoms with Gasteiger partial charge in [0, 0.05) is 19.6 Å². The van der Waals surface area contributed by atoms with Crippen molar-refractivity contribution in [2.45, 2.75) is 180 Å². The first-order chi connectivity index (χ1) is 21.9. The summed E-state index contributed by atoms with van der Waals surface area (Å²) in [7, 11) is -4.26. The Balaban J connectivity index is 3.96. The Bertz CT molecular complexity index is 707. The lowest BCUT2D eigenvalue weighted by atomic mass is 10.1. The Kier molecular flexibility index (Phi) is 34.0. The van der Waals surface area contributed by atoms with Crippen molar-refractivity contribution in [3.8, 4) is 0 Å². The van der Waals surface area contributed by atoms with Crippen LogP contribution in [0.1, 0.15) is 174 Å². The lowest BCUT2D eigenvalue weighted by molar-refractivity contribution is -0.154. The highest BCUT2D eigenvalue weighted by Crippen LogP contribution is 2.43. The zero-order valence-corrected chi connectivity index (χ0v) is 30.3. The molecule has 0 saturated heterocycles. The second kappa shape index (κ2) is 34.6. The smallest absolute Gasteiger partial charge is 0.457 e. The SMILES string of the molecule is CCCCCCCC/C=C\CCCCCCCCCCCC(=O)OC(COCCCCCCCCC)COP(=O)(O)OCCN. The number of hydrogen-bond donors (Lipinski definition) is 2. The number of rotatable bonds is 36. The van der Waals surface area contributed by atoms with Crippen LogP contribution in [0.2, 0.25) is 0 Å². The molecule has 0 rings (SSSR count). The van der Waals surface area contributed by atoms with Crippen LogP contribution >= 0.6 is 7.82 Å². The molecule has 0 aromatic carbocycles. The molecule has 268 valence electrons. The molecule has 0 spiro atoms. The van der Waals surface area contributed by atoms with E-state index < -0.39 is 13.9 Å². The molecule has 2 unspecified atom stereocenters. The Morgan fingerprint density at radius 1 is 0.644 bits per heavy atom. The second-order valence-corrected chi connectivity index (χ2v) is 13.9.